The molecule has 2 heterocycles. The maximum atomic E-state index is 12.3. The van der Waals surface area contributed by atoms with Crippen LogP contribution in [0.15, 0.2) is 30.3 Å². The number of hydrogen-bond donors (Lipinski definition) is 2. The van der Waals surface area contributed by atoms with Gasteiger partial charge in [0, 0.05) is 31.9 Å². The molecule has 4 amide bonds. The van der Waals surface area contributed by atoms with Gasteiger partial charge in [0.25, 0.3) is 5.91 Å². The molecule has 0 bridgehead atoms. The van der Waals surface area contributed by atoms with E-state index in [0.29, 0.717) is 45.3 Å². The third-order valence-electron chi connectivity index (χ3n) is 5.65. The van der Waals surface area contributed by atoms with Gasteiger partial charge < -0.3 is 25.6 Å². The van der Waals surface area contributed by atoms with E-state index in [1.165, 1.54) is 4.90 Å². The minimum Gasteiger partial charge on any atom is -0.455 e. The van der Waals surface area contributed by atoms with Crippen LogP contribution in [-0.4, -0.2) is 66.4 Å². The van der Waals surface area contributed by atoms with E-state index in [2.05, 4.69) is 5.32 Å². The predicted octanol–water partition coefficient (Wildman–Crippen LogP) is 1.20. The monoisotopic (exact) mass is 416 g/mol. The fraction of sp³-hybridized carbons (Fsp3) is 0.524. The summed E-state index contributed by atoms with van der Waals surface area (Å²) >= 11 is 0. The van der Waals surface area contributed by atoms with Gasteiger partial charge in [-0.3, -0.25) is 14.4 Å². The molecule has 0 unspecified atom stereocenters. The summed E-state index contributed by atoms with van der Waals surface area (Å²) in [5.74, 6) is -1.82. The van der Waals surface area contributed by atoms with E-state index in [-0.39, 0.29) is 36.9 Å². The molecule has 2 fully saturated rings. The number of nitrogens with two attached hydrogens (primary N) is 1. The Labute approximate surface area is 175 Å². The standard InChI is InChI=1S/C21H28N4O5/c22-19(27)16-5-4-10-25(13-16)18(26)14-30-20(28)15-8-11-24(12-9-15)21(29)23-17-6-2-1-3-7-17/h1-3,6-7,15-16H,4-5,8-14H2,(H2,22,27)(H,23,29)/t16-/m0/s1. The molecular formula is C21H28N4O5. The first kappa shape index (κ1) is 21.6. The van der Waals surface area contributed by atoms with Crippen LogP contribution in [0.3, 0.4) is 0 Å². The van der Waals surface area contributed by atoms with Crippen molar-refractivity contribution < 1.29 is 23.9 Å². The van der Waals surface area contributed by atoms with Crippen LogP contribution in [0.5, 0.6) is 0 Å². The Morgan fingerprint density at radius 1 is 0.967 bits per heavy atom. The Kier molecular flexibility index (Phi) is 7.26. The van der Waals surface area contributed by atoms with Crippen LogP contribution in [0, 0.1) is 11.8 Å². The minimum atomic E-state index is -0.421. The Morgan fingerprint density at radius 3 is 2.33 bits per heavy atom. The molecule has 2 saturated heterocycles. The average Bonchev–Trinajstić information content (AvgIpc) is 2.78. The molecule has 0 spiro atoms. The first-order valence-corrected chi connectivity index (χ1v) is 10.3. The van der Waals surface area contributed by atoms with Gasteiger partial charge >= 0.3 is 12.0 Å². The number of carbonyl (C=O) groups is 4. The Balaban J connectivity index is 1.39. The van der Waals surface area contributed by atoms with Crippen LogP contribution in [0.1, 0.15) is 25.7 Å². The quantitative estimate of drug-likeness (QED) is 0.699. The molecule has 0 aliphatic carbocycles. The summed E-state index contributed by atoms with van der Waals surface area (Å²) in [4.78, 5) is 51.5. The number of hydrogen-bond acceptors (Lipinski definition) is 5. The van der Waals surface area contributed by atoms with Gasteiger partial charge in [0.1, 0.15) is 0 Å². The van der Waals surface area contributed by atoms with E-state index < -0.39 is 11.9 Å². The topological polar surface area (TPSA) is 122 Å². The summed E-state index contributed by atoms with van der Waals surface area (Å²) in [7, 11) is 0. The van der Waals surface area contributed by atoms with Crippen molar-refractivity contribution in [2.24, 2.45) is 17.6 Å². The number of para-hydroxylation sites is 1. The fourth-order valence-electron chi connectivity index (χ4n) is 3.82. The van der Waals surface area contributed by atoms with E-state index in [4.69, 9.17) is 10.5 Å². The number of nitrogens with one attached hydrogen (secondary N) is 1. The maximum Gasteiger partial charge on any atom is 0.321 e. The largest absolute Gasteiger partial charge is 0.455 e. The van der Waals surface area contributed by atoms with E-state index in [1.54, 1.807) is 4.90 Å². The highest BCUT2D eigenvalue weighted by Crippen LogP contribution is 2.20. The molecule has 3 rings (SSSR count). The fourth-order valence-corrected chi connectivity index (χ4v) is 3.82. The second-order valence-electron chi connectivity index (χ2n) is 7.75. The van der Waals surface area contributed by atoms with Crippen LogP contribution in [0.25, 0.3) is 0 Å². The zero-order chi connectivity index (χ0) is 21.5. The van der Waals surface area contributed by atoms with Crippen molar-refractivity contribution in [2.45, 2.75) is 25.7 Å². The lowest BCUT2D eigenvalue weighted by atomic mass is 9.97. The van der Waals surface area contributed by atoms with E-state index >= 15 is 0 Å². The van der Waals surface area contributed by atoms with Crippen molar-refractivity contribution in [1.29, 1.82) is 0 Å². The molecule has 2 aliphatic heterocycles. The van der Waals surface area contributed by atoms with Crippen molar-refractivity contribution in [3.8, 4) is 0 Å². The average molecular weight is 416 g/mol. The molecule has 1 aromatic carbocycles. The first-order chi connectivity index (χ1) is 14.4. The zero-order valence-electron chi connectivity index (χ0n) is 16.9. The number of piperidine rings is 2. The van der Waals surface area contributed by atoms with Crippen molar-refractivity contribution in [2.75, 3.05) is 38.1 Å². The molecule has 1 atom stereocenters. The number of rotatable bonds is 5. The number of anilines is 1. The van der Waals surface area contributed by atoms with Crippen molar-refractivity contribution in [1.82, 2.24) is 9.80 Å². The second-order valence-corrected chi connectivity index (χ2v) is 7.75. The molecule has 0 aromatic heterocycles. The van der Waals surface area contributed by atoms with Gasteiger partial charge in [-0.15, -0.1) is 0 Å². The number of amides is 4. The third kappa shape index (κ3) is 5.71. The normalized spacial score (nSPS) is 19.8. The number of primary amides is 1. The minimum absolute atomic E-state index is 0.197. The summed E-state index contributed by atoms with van der Waals surface area (Å²) in [6.07, 6.45) is 2.36. The van der Waals surface area contributed by atoms with Gasteiger partial charge in [-0.1, -0.05) is 18.2 Å². The van der Waals surface area contributed by atoms with Crippen molar-refractivity contribution >= 4 is 29.5 Å². The highest BCUT2D eigenvalue weighted by Gasteiger charge is 2.30. The number of carbonyl (C=O) groups excluding carboxylic acids is 4. The predicted molar refractivity (Wildman–Crippen MR) is 109 cm³/mol. The molecule has 0 radical (unpaired) electrons. The summed E-state index contributed by atoms with van der Waals surface area (Å²) in [5, 5.41) is 2.83. The molecule has 1 aromatic rings. The van der Waals surface area contributed by atoms with E-state index in [0.717, 1.165) is 5.69 Å². The molecule has 0 saturated carbocycles. The molecule has 162 valence electrons. The van der Waals surface area contributed by atoms with Crippen LogP contribution in [0.2, 0.25) is 0 Å². The summed E-state index contributed by atoms with van der Waals surface area (Å²) in [5.41, 5.74) is 6.05. The lowest BCUT2D eigenvalue weighted by Crippen LogP contribution is -2.46. The van der Waals surface area contributed by atoms with Crippen molar-refractivity contribution in [3.05, 3.63) is 30.3 Å². The van der Waals surface area contributed by atoms with Crippen LogP contribution in [0.4, 0.5) is 10.5 Å². The molecule has 30 heavy (non-hydrogen) atoms. The number of nitrogens with zero attached hydrogens (tertiary/aromatic N) is 2. The number of esters is 1. The van der Waals surface area contributed by atoms with Gasteiger partial charge in [0.2, 0.25) is 5.91 Å². The van der Waals surface area contributed by atoms with Crippen molar-refractivity contribution in [3.63, 3.8) is 0 Å². The SMILES string of the molecule is NC(=O)[C@H]1CCCN(C(=O)COC(=O)C2CCN(C(=O)Nc3ccccc3)CC2)C1. The molecule has 9 heteroatoms. The number of urea groups is 1. The maximum absolute atomic E-state index is 12.3. The second kappa shape index (κ2) is 10.1. The number of likely N-dealkylation sites (tertiary alicyclic amines) is 2. The van der Waals surface area contributed by atoms with Gasteiger partial charge in [-0.25, -0.2) is 4.79 Å². The lowest BCUT2D eigenvalue weighted by molar-refractivity contribution is -0.157. The summed E-state index contributed by atoms with van der Waals surface area (Å²) in [6.45, 7) is 1.37. The highest BCUT2D eigenvalue weighted by atomic mass is 16.5. The lowest BCUT2D eigenvalue weighted by Gasteiger charge is -2.32. The van der Waals surface area contributed by atoms with Gasteiger partial charge in [0.05, 0.1) is 11.8 Å². The Morgan fingerprint density at radius 2 is 1.67 bits per heavy atom. The summed E-state index contributed by atoms with van der Waals surface area (Å²) < 4.78 is 5.22. The van der Waals surface area contributed by atoms with E-state index in [9.17, 15) is 19.2 Å². The number of benzene rings is 1. The van der Waals surface area contributed by atoms with Gasteiger partial charge in [-0.05, 0) is 37.8 Å². The Hall–Kier alpha value is -3.10. The van der Waals surface area contributed by atoms with Gasteiger partial charge in [-0.2, -0.15) is 0 Å². The number of ether oxygens (including phenoxy) is 1. The first-order valence-electron chi connectivity index (χ1n) is 10.3. The summed E-state index contributed by atoms with van der Waals surface area (Å²) in [6, 6.07) is 8.99. The van der Waals surface area contributed by atoms with Crippen LogP contribution < -0.4 is 11.1 Å². The zero-order valence-corrected chi connectivity index (χ0v) is 16.9. The smallest absolute Gasteiger partial charge is 0.321 e. The third-order valence-corrected chi connectivity index (χ3v) is 5.65. The molecule has 3 N–H and O–H groups in total. The van der Waals surface area contributed by atoms with Crippen LogP contribution in [-0.2, 0) is 19.1 Å². The molecular weight excluding hydrogens is 388 g/mol. The van der Waals surface area contributed by atoms with E-state index in [1.807, 2.05) is 30.3 Å². The van der Waals surface area contributed by atoms with Gasteiger partial charge in [0.15, 0.2) is 6.61 Å². The highest BCUT2D eigenvalue weighted by molar-refractivity contribution is 5.89. The molecule has 9 nitrogen and oxygen atoms in total. The Bertz CT molecular complexity index is 777. The van der Waals surface area contributed by atoms with Crippen LogP contribution >= 0.6 is 0 Å². The molecule has 2 aliphatic rings.